The minimum Gasteiger partial charge on any atom is -0.455 e. The van der Waals surface area contributed by atoms with Gasteiger partial charge in [0, 0.05) is 23.7 Å². The molecule has 39 heavy (non-hydrogen) atoms. The largest absolute Gasteiger partial charge is 0.455 e. The minimum absolute atomic E-state index is 0.0243. The van der Waals surface area contributed by atoms with E-state index in [1.165, 1.54) is 6.92 Å². The second kappa shape index (κ2) is 9.00. The highest BCUT2D eigenvalue weighted by molar-refractivity contribution is 5.92. The normalized spacial score (nSPS) is 42.7. The number of esters is 2. The Morgan fingerprint density at radius 2 is 1.72 bits per heavy atom. The molecule has 1 saturated heterocycles. The van der Waals surface area contributed by atoms with E-state index in [4.69, 9.17) is 14.2 Å². The number of rotatable bonds is 3. The molecule has 2 saturated carbocycles. The van der Waals surface area contributed by atoms with Crippen LogP contribution in [0.2, 0.25) is 0 Å². The van der Waals surface area contributed by atoms with Gasteiger partial charge in [0.15, 0.2) is 5.60 Å². The van der Waals surface area contributed by atoms with Crippen LogP contribution < -0.4 is 0 Å². The van der Waals surface area contributed by atoms with Crippen LogP contribution in [0.1, 0.15) is 78.6 Å². The summed E-state index contributed by atoms with van der Waals surface area (Å²) < 4.78 is 18.5. The van der Waals surface area contributed by atoms with Crippen molar-refractivity contribution in [3.8, 4) is 0 Å². The summed E-state index contributed by atoms with van der Waals surface area (Å²) in [5, 5.41) is 13.0. The Balaban J connectivity index is 1.81. The maximum atomic E-state index is 14.8. The second-order valence-corrected chi connectivity index (χ2v) is 13.3. The molecule has 7 heteroatoms. The van der Waals surface area contributed by atoms with E-state index in [1.54, 1.807) is 24.3 Å². The van der Waals surface area contributed by atoms with Gasteiger partial charge in [0.25, 0.3) is 0 Å². The lowest BCUT2D eigenvalue weighted by molar-refractivity contribution is -0.339. The summed E-state index contributed by atoms with van der Waals surface area (Å²) in [6, 6.07) is 8.68. The molecule has 9 atom stereocenters. The van der Waals surface area contributed by atoms with Gasteiger partial charge in [-0.15, -0.1) is 0 Å². The predicted octanol–water partition coefficient (Wildman–Crippen LogP) is 4.91. The lowest BCUT2D eigenvalue weighted by Crippen LogP contribution is -2.80. The number of carbonyl (C=O) groups is 3. The molecular formula is C32H42O7. The molecule has 0 amide bonds. The van der Waals surface area contributed by atoms with Gasteiger partial charge >= 0.3 is 11.9 Å². The molecule has 1 aromatic carbocycles. The third kappa shape index (κ3) is 3.65. The second-order valence-electron chi connectivity index (χ2n) is 13.3. The molecule has 4 aliphatic rings. The van der Waals surface area contributed by atoms with Crippen LogP contribution in [0.4, 0.5) is 0 Å². The number of aliphatic hydroxyl groups is 1. The van der Waals surface area contributed by atoms with Gasteiger partial charge in [0.05, 0.1) is 18.1 Å². The minimum atomic E-state index is -1.54. The van der Waals surface area contributed by atoms with E-state index >= 15 is 0 Å². The Morgan fingerprint density at radius 1 is 1.08 bits per heavy atom. The van der Waals surface area contributed by atoms with Crippen molar-refractivity contribution >= 4 is 17.7 Å². The van der Waals surface area contributed by atoms with E-state index in [0.29, 0.717) is 18.4 Å². The van der Waals surface area contributed by atoms with Crippen LogP contribution in [-0.2, 0) is 23.8 Å². The number of fused-ring (bicyclic) bond motifs is 5. The van der Waals surface area contributed by atoms with Crippen LogP contribution >= 0.6 is 0 Å². The fourth-order valence-corrected chi connectivity index (χ4v) is 8.71. The molecule has 3 aliphatic carbocycles. The molecular weight excluding hydrogens is 496 g/mol. The van der Waals surface area contributed by atoms with E-state index in [-0.39, 0.29) is 24.2 Å². The Bertz CT molecular complexity index is 1230. The SMILES string of the molecule is CC(=O)O[C@@]12COC1C[C@H](C)[C@@]1(C)C(=O)[C@H](C)C3=C(C)[C@@H](C)C[C@@](O)(C(OC(=O)c4ccccc4)C21)C3(C)C. The first-order chi connectivity index (χ1) is 18.1. The zero-order valence-electron chi connectivity index (χ0n) is 24.4. The summed E-state index contributed by atoms with van der Waals surface area (Å²) in [6.45, 7) is 15.3. The average Bonchev–Trinajstić information content (AvgIpc) is 2.87. The van der Waals surface area contributed by atoms with Gasteiger partial charge in [-0.25, -0.2) is 4.79 Å². The monoisotopic (exact) mass is 538 g/mol. The summed E-state index contributed by atoms with van der Waals surface area (Å²) in [7, 11) is 0. The number of hydrogen-bond donors (Lipinski definition) is 1. The van der Waals surface area contributed by atoms with Crippen LogP contribution in [0.3, 0.4) is 0 Å². The Morgan fingerprint density at radius 3 is 2.28 bits per heavy atom. The van der Waals surface area contributed by atoms with Crippen LogP contribution in [0.25, 0.3) is 0 Å². The number of ketones is 1. The highest BCUT2D eigenvalue weighted by Gasteiger charge is 2.76. The van der Waals surface area contributed by atoms with Crippen LogP contribution in [0.15, 0.2) is 41.5 Å². The molecule has 7 nitrogen and oxygen atoms in total. The van der Waals surface area contributed by atoms with E-state index in [9.17, 15) is 19.5 Å². The van der Waals surface area contributed by atoms with Crippen LogP contribution in [0, 0.1) is 34.5 Å². The fourth-order valence-electron chi connectivity index (χ4n) is 8.71. The van der Waals surface area contributed by atoms with Gasteiger partial charge in [0.1, 0.15) is 23.6 Å². The first kappa shape index (κ1) is 28.0. The van der Waals surface area contributed by atoms with Gasteiger partial charge in [0.2, 0.25) is 0 Å². The highest BCUT2D eigenvalue weighted by Crippen LogP contribution is 2.66. The molecule has 212 valence electrons. The smallest absolute Gasteiger partial charge is 0.338 e. The fraction of sp³-hybridized carbons (Fsp3) is 0.656. The van der Waals surface area contributed by atoms with Crippen molar-refractivity contribution < 1.29 is 33.7 Å². The molecule has 1 aromatic rings. The zero-order chi connectivity index (χ0) is 28.7. The van der Waals surface area contributed by atoms with Crippen molar-refractivity contribution in [1.82, 2.24) is 0 Å². The van der Waals surface area contributed by atoms with E-state index in [0.717, 1.165) is 11.1 Å². The number of ether oxygens (including phenoxy) is 3. The highest BCUT2D eigenvalue weighted by atomic mass is 16.6. The number of Topliss-reactive ketones (excluding diaryl/α,β-unsaturated/α-hetero) is 1. The predicted molar refractivity (Wildman–Crippen MR) is 145 cm³/mol. The summed E-state index contributed by atoms with van der Waals surface area (Å²) in [5.41, 5.74) is -2.35. The lowest BCUT2D eigenvalue weighted by Gasteiger charge is -2.68. The number of benzene rings is 1. The lowest BCUT2D eigenvalue weighted by atomic mass is 9.42. The van der Waals surface area contributed by atoms with E-state index in [1.807, 2.05) is 47.6 Å². The number of allylic oxidation sites excluding steroid dienone is 1. The first-order valence-corrected chi connectivity index (χ1v) is 14.2. The Hall–Kier alpha value is -2.51. The molecule has 1 heterocycles. The van der Waals surface area contributed by atoms with Gasteiger partial charge < -0.3 is 19.3 Å². The Kier molecular flexibility index (Phi) is 6.47. The molecule has 1 N–H and O–H groups in total. The van der Waals surface area contributed by atoms with Crippen molar-refractivity contribution in [2.24, 2.45) is 34.5 Å². The summed E-state index contributed by atoms with van der Waals surface area (Å²) in [5.74, 6) is -2.55. The van der Waals surface area contributed by atoms with Crippen molar-refractivity contribution in [3.05, 3.63) is 47.0 Å². The summed E-state index contributed by atoms with van der Waals surface area (Å²) in [6.07, 6.45) is -0.736. The van der Waals surface area contributed by atoms with Crippen LogP contribution in [0.5, 0.6) is 0 Å². The quantitative estimate of drug-likeness (QED) is 0.431. The average molecular weight is 539 g/mol. The summed E-state index contributed by atoms with van der Waals surface area (Å²) in [4.78, 5) is 41.1. The molecule has 1 aliphatic heterocycles. The van der Waals surface area contributed by atoms with Crippen molar-refractivity contribution in [1.29, 1.82) is 0 Å². The molecule has 3 fully saturated rings. The van der Waals surface area contributed by atoms with Crippen molar-refractivity contribution in [2.45, 2.75) is 91.6 Å². The molecule has 0 spiro atoms. The maximum absolute atomic E-state index is 14.8. The first-order valence-electron chi connectivity index (χ1n) is 14.2. The molecule has 5 rings (SSSR count). The van der Waals surface area contributed by atoms with E-state index < -0.39 is 58.0 Å². The van der Waals surface area contributed by atoms with Crippen LogP contribution in [-0.4, -0.2) is 52.8 Å². The molecule has 0 aromatic heterocycles. The molecule has 2 bridgehead atoms. The van der Waals surface area contributed by atoms with Gasteiger partial charge in [-0.05, 0) is 43.7 Å². The standard InChI is InChI=1S/C32H42O7/c1-17-15-32(36)27(38-28(35)22-12-10-9-11-13-22)25-30(8,26(34)20(4)24(19(17)3)29(32,6)7)18(2)14-23-31(25,16-37-23)39-21(5)33/h9-13,17-18,20,23,25,27,36H,14-16H2,1-8H3/t17-,18-,20+,23?,25?,27?,30+,31-,32+/m0/s1. The third-order valence-corrected chi connectivity index (χ3v) is 11.1. The van der Waals surface area contributed by atoms with Gasteiger partial charge in [-0.3, -0.25) is 9.59 Å². The van der Waals surface area contributed by atoms with Crippen molar-refractivity contribution in [3.63, 3.8) is 0 Å². The molecule has 0 radical (unpaired) electrons. The third-order valence-electron chi connectivity index (χ3n) is 11.1. The van der Waals surface area contributed by atoms with E-state index in [2.05, 4.69) is 6.92 Å². The van der Waals surface area contributed by atoms with Crippen molar-refractivity contribution in [2.75, 3.05) is 6.61 Å². The van der Waals surface area contributed by atoms with Gasteiger partial charge in [-0.1, -0.05) is 70.9 Å². The maximum Gasteiger partial charge on any atom is 0.338 e. The topological polar surface area (TPSA) is 99.1 Å². The van der Waals surface area contributed by atoms with Gasteiger partial charge in [-0.2, -0.15) is 0 Å². The molecule has 3 unspecified atom stereocenters. The Labute approximate surface area is 231 Å². The summed E-state index contributed by atoms with van der Waals surface area (Å²) >= 11 is 0. The number of carbonyl (C=O) groups excluding carboxylic acids is 3. The number of hydrogen-bond acceptors (Lipinski definition) is 7. The zero-order valence-corrected chi connectivity index (χ0v) is 24.4.